The molecule has 2 aliphatic rings. The van der Waals surface area contributed by atoms with Crippen molar-refractivity contribution in [1.29, 1.82) is 0 Å². The molecule has 2 fully saturated rings. The van der Waals surface area contributed by atoms with Crippen molar-refractivity contribution in [1.82, 2.24) is 36.6 Å². The van der Waals surface area contributed by atoms with Crippen LogP contribution in [0.5, 0.6) is 5.75 Å². The van der Waals surface area contributed by atoms with Gasteiger partial charge in [-0.15, -0.1) is 10.2 Å². The molecule has 268 valence electrons. The van der Waals surface area contributed by atoms with Crippen LogP contribution in [0.25, 0.3) is 22.5 Å². The number of hydrogen-bond donors (Lipinski definition) is 6. The standard InChI is InChI=1S/C38H47N9O4/c1-23-19-28(37(49)41-30-15-17-40-18-16-30)10-13-31(23)32-20-25(5-14-34(32)51-2)21-33(43-36(48)27-6-3-24(22-39)4-7-27)38(50)42-29-11-8-26(9-12-29)35-44-46-47-45-35/h5,8-14,19-20,24,27,30,33,40H,3-4,6-7,15-18,21-22,39H2,1-2H3,(H,41,49)(H,42,50)(H,43,48)(H,44,45,46,47). The summed E-state index contributed by atoms with van der Waals surface area (Å²) in [7, 11) is 1.62. The van der Waals surface area contributed by atoms with E-state index in [2.05, 4.69) is 41.9 Å². The maximum absolute atomic E-state index is 13.9. The lowest BCUT2D eigenvalue weighted by Crippen LogP contribution is -2.48. The molecule has 0 bridgehead atoms. The van der Waals surface area contributed by atoms with Crippen LogP contribution in [-0.4, -0.2) is 77.2 Å². The smallest absolute Gasteiger partial charge is 0.251 e. The van der Waals surface area contributed by atoms with E-state index in [1.807, 2.05) is 43.3 Å². The van der Waals surface area contributed by atoms with Crippen LogP contribution in [0, 0.1) is 18.8 Å². The van der Waals surface area contributed by atoms with E-state index in [9.17, 15) is 14.4 Å². The molecule has 6 rings (SSSR count). The zero-order valence-electron chi connectivity index (χ0n) is 29.2. The fourth-order valence-electron chi connectivity index (χ4n) is 7.05. The van der Waals surface area contributed by atoms with Gasteiger partial charge < -0.3 is 31.7 Å². The van der Waals surface area contributed by atoms with Crippen molar-refractivity contribution in [3.8, 4) is 28.3 Å². The zero-order chi connectivity index (χ0) is 35.7. The van der Waals surface area contributed by atoms with Crippen molar-refractivity contribution in [3.05, 3.63) is 77.4 Å². The molecule has 1 saturated carbocycles. The lowest BCUT2D eigenvalue weighted by atomic mass is 9.81. The van der Waals surface area contributed by atoms with Gasteiger partial charge in [-0.3, -0.25) is 14.4 Å². The maximum atomic E-state index is 13.9. The Kier molecular flexibility index (Phi) is 11.7. The second-order valence-electron chi connectivity index (χ2n) is 13.6. The third-order valence-corrected chi connectivity index (χ3v) is 10.1. The fourth-order valence-corrected chi connectivity index (χ4v) is 7.05. The van der Waals surface area contributed by atoms with Crippen LogP contribution in [0.2, 0.25) is 0 Å². The molecule has 1 aliphatic heterocycles. The molecular weight excluding hydrogens is 646 g/mol. The number of benzene rings is 3. The van der Waals surface area contributed by atoms with Crippen molar-refractivity contribution in [2.45, 2.75) is 64.0 Å². The summed E-state index contributed by atoms with van der Waals surface area (Å²) in [6, 6.07) is 17.9. The largest absolute Gasteiger partial charge is 0.496 e. The highest BCUT2D eigenvalue weighted by molar-refractivity contribution is 5.98. The number of carbonyl (C=O) groups is 3. The van der Waals surface area contributed by atoms with Gasteiger partial charge in [0.1, 0.15) is 11.8 Å². The number of anilines is 1. The number of carbonyl (C=O) groups excluding carboxylic acids is 3. The molecule has 4 aromatic rings. The van der Waals surface area contributed by atoms with Gasteiger partial charge in [0.05, 0.1) is 7.11 Å². The Hall–Kier alpha value is -5.14. The molecule has 3 amide bonds. The Morgan fingerprint density at radius 3 is 2.37 bits per heavy atom. The number of piperidine rings is 1. The van der Waals surface area contributed by atoms with Crippen LogP contribution in [0.1, 0.15) is 60.0 Å². The Morgan fingerprint density at radius 2 is 1.71 bits per heavy atom. The van der Waals surface area contributed by atoms with Crippen molar-refractivity contribution in [3.63, 3.8) is 0 Å². The molecular formula is C38H47N9O4. The molecule has 13 heteroatoms. The quantitative estimate of drug-likeness (QED) is 0.128. The molecule has 13 nitrogen and oxygen atoms in total. The van der Waals surface area contributed by atoms with Crippen LogP contribution in [0.15, 0.2) is 60.7 Å². The van der Waals surface area contributed by atoms with Gasteiger partial charge in [-0.1, -0.05) is 12.1 Å². The number of hydrogen-bond acceptors (Lipinski definition) is 9. The molecule has 1 unspecified atom stereocenters. The number of amides is 3. The summed E-state index contributed by atoms with van der Waals surface area (Å²) in [5.74, 6) is 0.840. The van der Waals surface area contributed by atoms with E-state index in [1.54, 1.807) is 31.4 Å². The molecule has 0 radical (unpaired) electrons. The second kappa shape index (κ2) is 16.7. The topological polar surface area (TPSA) is 189 Å². The molecule has 1 atom stereocenters. The fraction of sp³-hybridized carbons (Fsp3) is 0.421. The summed E-state index contributed by atoms with van der Waals surface area (Å²) in [5, 5.41) is 26.6. The van der Waals surface area contributed by atoms with E-state index in [-0.39, 0.29) is 36.1 Å². The number of ether oxygens (including phenoxy) is 1. The predicted molar refractivity (Wildman–Crippen MR) is 195 cm³/mol. The third-order valence-electron chi connectivity index (χ3n) is 10.1. The SMILES string of the molecule is COc1ccc(CC(NC(=O)C2CCC(CN)CC2)C(=O)Nc2ccc(-c3nn[nH]n3)cc2)cc1-c1ccc(C(=O)NC2CCNCC2)cc1C. The second-order valence-corrected chi connectivity index (χ2v) is 13.6. The monoisotopic (exact) mass is 693 g/mol. The molecule has 51 heavy (non-hydrogen) atoms. The normalized spacial score (nSPS) is 18.4. The number of aromatic nitrogens is 4. The van der Waals surface area contributed by atoms with E-state index in [0.29, 0.717) is 35.3 Å². The Morgan fingerprint density at radius 1 is 0.941 bits per heavy atom. The van der Waals surface area contributed by atoms with E-state index < -0.39 is 6.04 Å². The van der Waals surface area contributed by atoms with Gasteiger partial charge in [0, 0.05) is 40.8 Å². The summed E-state index contributed by atoms with van der Waals surface area (Å²) >= 11 is 0. The van der Waals surface area contributed by atoms with Gasteiger partial charge in [-0.05, 0) is 141 Å². The number of nitrogens with zero attached hydrogens (tertiary/aromatic N) is 3. The van der Waals surface area contributed by atoms with Crippen LogP contribution in [0.4, 0.5) is 5.69 Å². The van der Waals surface area contributed by atoms with Crippen LogP contribution < -0.4 is 31.7 Å². The van der Waals surface area contributed by atoms with Crippen molar-refractivity contribution < 1.29 is 19.1 Å². The number of aromatic amines is 1. The number of tetrazole rings is 1. The van der Waals surface area contributed by atoms with Gasteiger partial charge in [0.2, 0.25) is 17.6 Å². The average molecular weight is 694 g/mol. The highest BCUT2D eigenvalue weighted by atomic mass is 16.5. The van der Waals surface area contributed by atoms with Crippen molar-refractivity contribution in [2.75, 3.05) is 32.1 Å². The van der Waals surface area contributed by atoms with Crippen LogP contribution in [0.3, 0.4) is 0 Å². The predicted octanol–water partition coefficient (Wildman–Crippen LogP) is 3.76. The summed E-state index contributed by atoms with van der Waals surface area (Å²) in [4.78, 5) is 40.5. The van der Waals surface area contributed by atoms with Gasteiger partial charge >= 0.3 is 0 Å². The minimum atomic E-state index is -0.843. The lowest BCUT2D eigenvalue weighted by molar-refractivity contribution is -0.130. The number of H-pyrrole nitrogens is 1. The van der Waals surface area contributed by atoms with Crippen LogP contribution in [-0.2, 0) is 16.0 Å². The first-order valence-electron chi connectivity index (χ1n) is 17.8. The first kappa shape index (κ1) is 35.7. The number of methoxy groups -OCH3 is 1. The summed E-state index contributed by atoms with van der Waals surface area (Å²) < 4.78 is 5.76. The molecule has 1 aromatic heterocycles. The van der Waals surface area contributed by atoms with E-state index in [4.69, 9.17) is 10.5 Å². The number of nitrogens with two attached hydrogens (primary N) is 1. The van der Waals surface area contributed by atoms with E-state index in [0.717, 1.165) is 79.4 Å². The molecule has 1 saturated heterocycles. The van der Waals surface area contributed by atoms with Gasteiger partial charge in [-0.25, -0.2) is 0 Å². The lowest BCUT2D eigenvalue weighted by Gasteiger charge is -2.28. The first-order chi connectivity index (χ1) is 24.8. The summed E-state index contributed by atoms with van der Waals surface area (Å²) in [5.41, 5.74) is 11.3. The van der Waals surface area contributed by atoms with Crippen molar-refractivity contribution >= 4 is 23.4 Å². The summed E-state index contributed by atoms with van der Waals surface area (Å²) in [6.07, 6.45) is 5.37. The number of nitrogens with one attached hydrogen (secondary N) is 5. The Balaban J connectivity index is 1.22. The Bertz CT molecular complexity index is 1800. The molecule has 7 N–H and O–H groups in total. The Labute approximate surface area is 297 Å². The van der Waals surface area contributed by atoms with Gasteiger partial charge in [-0.2, -0.15) is 5.21 Å². The minimum absolute atomic E-state index is 0.0807. The van der Waals surface area contributed by atoms with Gasteiger partial charge in [0.25, 0.3) is 5.91 Å². The molecule has 3 aromatic carbocycles. The average Bonchev–Trinajstić information content (AvgIpc) is 3.70. The molecule has 2 heterocycles. The number of rotatable bonds is 12. The number of aryl methyl sites for hydroxylation is 1. The van der Waals surface area contributed by atoms with Gasteiger partial charge in [0.15, 0.2) is 0 Å². The zero-order valence-corrected chi connectivity index (χ0v) is 29.2. The minimum Gasteiger partial charge on any atom is -0.496 e. The maximum Gasteiger partial charge on any atom is 0.251 e. The first-order valence-corrected chi connectivity index (χ1v) is 17.8. The van der Waals surface area contributed by atoms with E-state index >= 15 is 0 Å². The summed E-state index contributed by atoms with van der Waals surface area (Å²) in [6.45, 7) is 4.40. The van der Waals surface area contributed by atoms with E-state index in [1.165, 1.54) is 0 Å². The third kappa shape index (κ3) is 8.97. The highest BCUT2D eigenvalue weighted by Gasteiger charge is 2.30. The van der Waals surface area contributed by atoms with Crippen molar-refractivity contribution in [2.24, 2.45) is 17.6 Å². The van der Waals surface area contributed by atoms with Crippen LogP contribution >= 0.6 is 0 Å². The molecule has 0 spiro atoms. The molecule has 1 aliphatic carbocycles. The highest BCUT2D eigenvalue weighted by Crippen LogP contribution is 2.34.